The number of phenolic OH excluding ortho intramolecular Hbond substituents is 2. The van der Waals surface area contributed by atoms with Gasteiger partial charge in [-0.15, -0.1) is 0 Å². The number of esters is 1. The average molecular weight is 2080 g/mol. The summed E-state index contributed by atoms with van der Waals surface area (Å²) in [6.45, 7) is 58.1. The summed E-state index contributed by atoms with van der Waals surface area (Å²) in [5, 5.41) is 18.0. The van der Waals surface area contributed by atoms with Gasteiger partial charge in [0.25, 0.3) is 0 Å². The first kappa shape index (κ1) is 126. The molecule has 11 atom stereocenters. The van der Waals surface area contributed by atoms with Crippen LogP contribution in [0.4, 0.5) is 0 Å². The van der Waals surface area contributed by atoms with Crippen LogP contribution in [0.2, 0.25) is 0 Å². The van der Waals surface area contributed by atoms with E-state index in [0.29, 0.717) is 78.3 Å². The lowest BCUT2D eigenvalue weighted by Crippen LogP contribution is -2.42. The number of aromatic hydroxyl groups is 2. The Kier molecular flexibility index (Phi) is 53.7. The summed E-state index contributed by atoms with van der Waals surface area (Å²) >= 11 is 0. The van der Waals surface area contributed by atoms with E-state index in [2.05, 4.69) is 373 Å². The highest BCUT2D eigenvalue weighted by Crippen LogP contribution is 2.44. The van der Waals surface area contributed by atoms with E-state index in [1.165, 1.54) is 127 Å². The molecular formula is C134H182O14S2. The second-order valence-electron chi connectivity index (χ2n) is 44.0. The molecule has 0 amide bonds. The van der Waals surface area contributed by atoms with E-state index in [1.807, 2.05) is 67.6 Å². The van der Waals surface area contributed by atoms with Gasteiger partial charge < -0.3 is 52.7 Å². The summed E-state index contributed by atoms with van der Waals surface area (Å²) in [4.78, 5) is 15.1. The largest absolute Gasteiger partial charge is 0.744 e. The fourth-order valence-electron chi connectivity index (χ4n) is 17.2. The highest BCUT2D eigenvalue weighted by Gasteiger charge is 2.40. The zero-order valence-corrected chi connectivity index (χ0v) is 97.3. The number of carbonyl (C=O) groups excluding carboxylic acids is 1. The van der Waals surface area contributed by atoms with Crippen LogP contribution < -0.4 is 23.7 Å². The SMILES string of the molecule is CCC(C)c1ccc(O)cc1.CCC(C)c1ccc(O)cc1.CCC(C)c1ccc(OC(OC)C(C)(C)C2CCCCC2)cc1.CCC(C)c1ccc(OC2CCCC(Oc3ccc(S(=O)(=O)[O-])cc3)C2)cc1.CCC(C)c1ccc(OC2CCOC2=O)cc1.CCOC(Oc1ccc(C(C)CC)cc1)C(C)(C)C.Cc1ccc(C(C)(C)C)cc1.Cc1ccc(C(C)(C)C)cc1.c1ccc([S+](c2ccccc2)c2ccccc2)cc1. The maximum absolute atomic E-state index is 11.3. The fourth-order valence-corrected chi connectivity index (χ4v) is 19.8. The van der Waals surface area contributed by atoms with Gasteiger partial charge in [0.15, 0.2) is 20.8 Å². The predicted molar refractivity (Wildman–Crippen MR) is 624 cm³/mol. The summed E-state index contributed by atoms with van der Waals surface area (Å²) < 4.78 is 79.2. The molecule has 11 unspecified atom stereocenters. The third-order valence-electron chi connectivity index (χ3n) is 28.6. The molecule has 0 bridgehead atoms. The smallest absolute Gasteiger partial charge is 0.347 e. The molecule has 0 radical (unpaired) electrons. The quantitative estimate of drug-likeness (QED) is 0.0181. The molecule has 814 valence electrons. The van der Waals surface area contributed by atoms with Gasteiger partial charge in [-0.2, -0.15) is 0 Å². The van der Waals surface area contributed by atoms with E-state index < -0.39 is 16.2 Å². The van der Waals surface area contributed by atoms with E-state index in [0.717, 1.165) is 87.2 Å². The predicted octanol–water partition coefficient (Wildman–Crippen LogP) is 36.1. The highest BCUT2D eigenvalue weighted by atomic mass is 32.2. The van der Waals surface area contributed by atoms with Gasteiger partial charge in [0.05, 0.1) is 22.4 Å². The summed E-state index contributed by atoms with van der Waals surface area (Å²) in [5.41, 5.74) is 14.0. The number of carbonyl (C=O) groups is 1. The molecule has 0 spiro atoms. The molecule has 2 aliphatic carbocycles. The van der Waals surface area contributed by atoms with Crippen molar-refractivity contribution in [1.29, 1.82) is 0 Å². The second kappa shape index (κ2) is 64.0. The number of methoxy groups -OCH3 is 1. The standard InChI is InChI=1S/C22H28O5S.C21H34O2.C18H15S.C17H28O2.C14H18O3.2C11H16.2C10H14O/c1-3-16(2)17-7-9-18(10-8-17)26-20-5-4-6-21(15-20)27-19-11-13-22(14-12-19)28(23,24)25;1-6-16(2)17-12-14-19(15-13-17)23-20(22-5)21(3,4)18-10-8-7-9-11-18;1-4-10-16(11-5-1)19(17-12-6-2-7-13-17)18-14-8-3-9-15-18;1-7-13(3)14-9-11-15(12-10-14)19-16(18-8-2)17(4,5)6;1-3-10(2)11-4-6-12(7-5-11)17-13-8-9-16-14(13)15;2*1-9-5-7-10(8-6-9)11(2,3)4;2*1-3-8(2)9-4-6-10(11)7-5-9/h7-14,16,20-21H,3-6,15H2,1-2H3,(H,23,24,25);12-16,18,20H,6-11H2,1-5H3;1-15H;9-13,16H,7-8H2,1-6H3;4-7,10,13H,3,8-9H2,1-2H3;2*5-8H,1-4H3;2*4-8,11H,3H2,1-2H3/q;;+1;;;;;;/p-1. The van der Waals surface area contributed by atoms with Gasteiger partial charge in [-0.3, -0.25) is 0 Å². The van der Waals surface area contributed by atoms with Gasteiger partial charge >= 0.3 is 5.97 Å². The molecule has 12 aromatic rings. The Balaban J connectivity index is 0.000000232. The Hall–Kier alpha value is -11.1. The maximum atomic E-state index is 11.3. The van der Waals surface area contributed by atoms with Crippen molar-refractivity contribution in [2.45, 2.75) is 380 Å². The Morgan fingerprint density at radius 2 is 0.667 bits per heavy atom. The monoisotopic (exact) mass is 2080 g/mol. The first-order valence-electron chi connectivity index (χ1n) is 55.1. The first-order chi connectivity index (χ1) is 71.3. The topological polar surface area (TPSA) is 189 Å². The maximum Gasteiger partial charge on any atom is 0.347 e. The molecule has 2 N–H and O–H groups in total. The molecular weight excluding hydrogens is 1900 g/mol. The lowest BCUT2D eigenvalue weighted by molar-refractivity contribution is -0.151. The van der Waals surface area contributed by atoms with Crippen molar-refractivity contribution in [2.24, 2.45) is 16.7 Å². The number of cyclic esters (lactones) is 1. The van der Waals surface area contributed by atoms with Crippen molar-refractivity contribution in [3.63, 3.8) is 0 Å². The van der Waals surface area contributed by atoms with Crippen LogP contribution in [0.3, 0.4) is 0 Å². The average Bonchev–Trinajstić information content (AvgIpc) is 0.849. The summed E-state index contributed by atoms with van der Waals surface area (Å²) in [7, 11) is -2.68. The van der Waals surface area contributed by atoms with Crippen LogP contribution in [0.25, 0.3) is 0 Å². The Bertz CT molecular complexity index is 5580. The summed E-state index contributed by atoms with van der Waals surface area (Å²) in [6.07, 6.45) is 17.1. The summed E-state index contributed by atoms with van der Waals surface area (Å²) in [6, 6.07) is 103. The minimum absolute atomic E-state index is 0.00726. The molecule has 1 aliphatic heterocycles. The normalized spacial score (nSPS) is 16.1. The van der Waals surface area contributed by atoms with E-state index in [1.54, 1.807) is 31.4 Å². The van der Waals surface area contributed by atoms with Gasteiger partial charge in [0.1, 0.15) is 62.6 Å². The minimum Gasteiger partial charge on any atom is -0.744 e. The van der Waals surface area contributed by atoms with Gasteiger partial charge in [-0.1, -0.05) is 366 Å². The molecule has 14 nitrogen and oxygen atoms in total. The van der Waals surface area contributed by atoms with Crippen LogP contribution in [-0.4, -0.2) is 80.4 Å². The minimum atomic E-state index is -4.43. The zero-order chi connectivity index (χ0) is 110. The summed E-state index contributed by atoms with van der Waals surface area (Å²) in [5.74, 6) is 8.56. The molecule has 150 heavy (non-hydrogen) atoms. The molecule has 1 saturated heterocycles. The molecule has 3 fully saturated rings. The lowest BCUT2D eigenvalue weighted by Gasteiger charge is -2.41. The molecule has 12 aromatic carbocycles. The number of hydrogen-bond acceptors (Lipinski definition) is 14. The van der Waals surface area contributed by atoms with E-state index >= 15 is 0 Å². The molecule has 16 heteroatoms. The van der Waals surface area contributed by atoms with Crippen LogP contribution in [0, 0.1) is 30.6 Å². The van der Waals surface area contributed by atoms with E-state index in [4.69, 9.17) is 48.1 Å². The Morgan fingerprint density at radius 1 is 0.367 bits per heavy atom. The van der Waals surface area contributed by atoms with Gasteiger partial charge in [0.2, 0.25) is 12.6 Å². The fraction of sp³-hybridized carbons (Fsp3) is 0.455. The number of ether oxygens (including phenoxy) is 8. The third kappa shape index (κ3) is 43.9. The Labute approximate surface area is 908 Å². The van der Waals surface area contributed by atoms with E-state index in [9.17, 15) is 17.8 Å². The van der Waals surface area contributed by atoms with Crippen LogP contribution in [0.15, 0.2) is 329 Å². The second-order valence-corrected chi connectivity index (χ2v) is 47.4. The van der Waals surface area contributed by atoms with Crippen molar-refractivity contribution >= 4 is 27.0 Å². The van der Waals surface area contributed by atoms with Gasteiger partial charge in [-0.05, 0) is 322 Å². The zero-order valence-electron chi connectivity index (χ0n) is 95.7. The molecule has 2 saturated carbocycles. The van der Waals surface area contributed by atoms with Gasteiger partial charge in [0, 0.05) is 37.4 Å². The lowest BCUT2D eigenvalue weighted by atomic mass is 9.70. The molecule has 15 rings (SSSR count). The van der Waals surface area contributed by atoms with Crippen molar-refractivity contribution in [1.82, 2.24) is 0 Å². The molecule has 0 aromatic heterocycles. The van der Waals surface area contributed by atoms with Crippen molar-refractivity contribution in [3.8, 4) is 40.2 Å². The van der Waals surface area contributed by atoms with Crippen LogP contribution in [0.5, 0.6) is 40.2 Å². The van der Waals surface area contributed by atoms with Crippen LogP contribution >= 0.6 is 0 Å². The highest BCUT2D eigenvalue weighted by molar-refractivity contribution is 7.97. The Morgan fingerprint density at radius 3 is 0.947 bits per heavy atom. The van der Waals surface area contributed by atoms with E-state index in [-0.39, 0.29) is 68.2 Å². The van der Waals surface area contributed by atoms with Crippen molar-refractivity contribution < 1.29 is 65.9 Å². The number of aryl methyl sites for hydroxylation is 2. The van der Waals surface area contributed by atoms with Crippen LogP contribution in [-0.2, 0) is 50.8 Å². The van der Waals surface area contributed by atoms with Gasteiger partial charge in [-0.25, -0.2) is 13.2 Å². The number of phenols is 2. The number of rotatable bonds is 31. The van der Waals surface area contributed by atoms with Crippen molar-refractivity contribution in [2.75, 3.05) is 20.3 Å². The van der Waals surface area contributed by atoms with Crippen LogP contribution in [0.1, 0.15) is 360 Å². The molecule has 1 heterocycles. The number of hydrogen-bond donors (Lipinski definition) is 2. The third-order valence-corrected chi connectivity index (χ3v) is 31.7. The molecule has 3 aliphatic rings. The first-order valence-corrected chi connectivity index (χ1v) is 57.7. The van der Waals surface area contributed by atoms with Crippen molar-refractivity contribution in [3.05, 3.63) is 365 Å². The number of benzene rings is 12.